The summed E-state index contributed by atoms with van der Waals surface area (Å²) in [5, 5.41) is 13.2. The smallest absolute Gasteiger partial charge is 0.251 e. The topological polar surface area (TPSA) is 83.6 Å². The van der Waals surface area contributed by atoms with Crippen LogP contribution in [0.4, 0.5) is 0 Å². The molecule has 3 aromatic heterocycles. The first kappa shape index (κ1) is 20.4. The van der Waals surface area contributed by atoms with Gasteiger partial charge in [-0.05, 0) is 54.1 Å². The van der Waals surface area contributed by atoms with Gasteiger partial charge < -0.3 is 5.32 Å². The molecule has 32 heavy (non-hydrogen) atoms. The molecule has 0 aliphatic heterocycles. The van der Waals surface area contributed by atoms with Gasteiger partial charge in [0.15, 0.2) is 0 Å². The predicted octanol–water partition coefficient (Wildman–Crippen LogP) is 5.33. The van der Waals surface area contributed by atoms with Crippen LogP contribution in [0.1, 0.15) is 27.3 Å². The zero-order chi connectivity index (χ0) is 22.1. The Balaban J connectivity index is 1.31. The number of carbonyl (C=O) groups excluding carboxylic acids is 1. The summed E-state index contributed by atoms with van der Waals surface area (Å²) >= 11 is 12.1. The number of H-pyrrole nitrogens is 1. The van der Waals surface area contributed by atoms with E-state index in [4.69, 9.17) is 23.2 Å². The molecule has 5 aromatic rings. The van der Waals surface area contributed by atoms with Crippen molar-refractivity contribution in [2.75, 3.05) is 0 Å². The van der Waals surface area contributed by atoms with Gasteiger partial charge in [0, 0.05) is 45.9 Å². The Hall–Kier alpha value is -3.48. The standard InChI is InChI=1S/C24H17Cl2N5O/c25-17-2-4-22-20(11-17)23(31-30-22)13-29-24(32)15-5-6-27-19(10-15)8-14-1-3-21-16(7-14)9-18(26)12-28-21/h1-7,9-12H,8,13H2,(H,29,32)(H,30,31). The van der Waals surface area contributed by atoms with Gasteiger partial charge in [-0.15, -0.1) is 0 Å². The lowest BCUT2D eigenvalue weighted by molar-refractivity contribution is 0.0950. The molecule has 0 atom stereocenters. The van der Waals surface area contributed by atoms with Crippen LogP contribution in [0.3, 0.4) is 0 Å². The van der Waals surface area contributed by atoms with Crippen LogP contribution in [0.25, 0.3) is 21.8 Å². The minimum Gasteiger partial charge on any atom is -0.346 e. The van der Waals surface area contributed by atoms with E-state index in [0.29, 0.717) is 22.0 Å². The number of pyridine rings is 2. The largest absolute Gasteiger partial charge is 0.346 e. The van der Waals surface area contributed by atoms with E-state index in [9.17, 15) is 4.79 Å². The minimum atomic E-state index is -0.193. The molecule has 6 nitrogen and oxygen atoms in total. The SMILES string of the molecule is O=C(NCc1n[nH]c2ccc(Cl)cc12)c1ccnc(Cc2ccc3ncc(Cl)cc3c2)c1. The van der Waals surface area contributed by atoms with Gasteiger partial charge in [0.1, 0.15) is 0 Å². The summed E-state index contributed by atoms with van der Waals surface area (Å²) in [5.41, 5.74) is 4.88. The summed E-state index contributed by atoms with van der Waals surface area (Å²) in [7, 11) is 0. The number of halogens is 2. The van der Waals surface area contributed by atoms with Crippen LogP contribution >= 0.6 is 23.2 Å². The van der Waals surface area contributed by atoms with Gasteiger partial charge in [0.25, 0.3) is 5.91 Å². The number of hydrogen-bond donors (Lipinski definition) is 2. The van der Waals surface area contributed by atoms with Gasteiger partial charge in [0.05, 0.1) is 28.3 Å². The van der Waals surface area contributed by atoms with E-state index in [1.807, 2.05) is 36.4 Å². The summed E-state index contributed by atoms with van der Waals surface area (Å²) in [5.74, 6) is -0.193. The second-order valence-electron chi connectivity index (χ2n) is 7.44. The van der Waals surface area contributed by atoms with E-state index in [1.165, 1.54) is 0 Å². The van der Waals surface area contributed by atoms with Crippen LogP contribution in [0, 0.1) is 0 Å². The number of rotatable bonds is 5. The lowest BCUT2D eigenvalue weighted by atomic mass is 10.0. The van der Waals surface area contributed by atoms with Gasteiger partial charge in [-0.25, -0.2) is 0 Å². The van der Waals surface area contributed by atoms with E-state index in [2.05, 4.69) is 25.5 Å². The van der Waals surface area contributed by atoms with Crippen molar-refractivity contribution < 1.29 is 4.79 Å². The number of hydrogen-bond acceptors (Lipinski definition) is 4. The Morgan fingerprint density at radius 2 is 1.88 bits per heavy atom. The molecule has 3 heterocycles. The van der Waals surface area contributed by atoms with Gasteiger partial charge in [-0.2, -0.15) is 5.10 Å². The molecule has 0 saturated carbocycles. The van der Waals surface area contributed by atoms with Crippen molar-refractivity contribution in [1.82, 2.24) is 25.5 Å². The summed E-state index contributed by atoms with van der Waals surface area (Å²) in [6.45, 7) is 0.287. The molecule has 0 spiro atoms. The number of aromatic nitrogens is 4. The average molecular weight is 462 g/mol. The van der Waals surface area contributed by atoms with Crippen LogP contribution < -0.4 is 5.32 Å². The maximum Gasteiger partial charge on any atom is 0.251 e. The molecule has 0 bridgehead atoms. The zero-order valence-corrected chi connectivity index (χ0v) is 18.3. The summed E-state index contributed by atoms with van der Waals surface area (Å²) in [6, 6.07) is 16.9. The van der Waals surface area contributed by atoms with Crippen LogP contribution in [-0.2, 0) is 13.0 Å². The van der Waals surface area contributed by atoms with Crippen molar-refractivity contribution in [2.24, 2.45) is 0 Å². The highest BCUT2D eigenvalue weighted by atomic mass is 35.5. The third kappa shape index (κ3) is 4.28. The van der Waals surface area contributed by atoms with Gasteiger partial charge in [-0.1, -0.05) is 29.3 Å². The molecule has 0 aliphatic rings. The number of amides is 1. The van der Waals surface area contributed by atoms with E-state index < -0.39 is 0 Å². The predicted molar refractivity (Wildman–Crippen MR) is 126 cm³/mol. The average Bonchev–Trinajstić information content (AvgIpc) is 3.19. The van der Waals surface area contributed by atoms with E-state index in [1.54, 1.807) is 30.6 Å². The minimum absolute atomic E-state index is 0.193. The van der Waals surface area contributed by atoms with Crippen LogP contribution in [0.15, 0.2) is 67.0 Å². The first-order valence-corrected chi connectivity index (χ1v) is 10.7. The highest BCUT2D eigenvalue weighted by Gasteiger charge is 2.11. The zero-order valence-electron chi connectivity index (χ0n) is 16.8. The molecular weight excluding hydrogens is 445 g/mol. The molecule has 8 heteroatoms. The van der Waals surface area contributed by atoms with E-state index >= 15 is 0 Å². The number of nitrogens with zero attached hydrogens (tertiary/aromatic N) is 3. The molecule has 0 saturated heterocycles. The molecule has 0 aliphatic carbocycles. The van der Waals surface area contributed by atoms with Gasteiger partial charge >= 0.3 is 0 Å². The van der Waals surface area contributed by atoms with E-state index in [-0.39, 0.29) is 12.5 Å². The van der Waals surface area contributed by atoms with Crippen molar-refractivity contribution >= 4 is 50.9 Å². The summed E-state index contributed by atoms with van der Waals surface area (Å²) in [4.78, 5) is 21.5. The Kier molecular flexibility index (Phi) is 5.47. The summed E-state index contributed by atoms with van der Waals surface area (Å²) in [6.07, 6.45) is 3.87. The molecule has 158 valence electrons. The molecule has 5 rings (SSSR count). The molecule has 0 unspecified atom stereocenters. The van der Waals surface area contributed by atoms with Gasteiger partial charge in [0.2, 0.25) is 0 Å². The Morgan fingerprint density at radius 3 is 2.78 bits per heavy atom. The van der Waals surface area contributed by atoms with Crippen molar-refractivity contribution in [3.63, 3.8) is 0 Å². The number of fused-ring (bicyclic) bond motifs is 2. The maximum atomic E-state index is 12.7. The Morgan fingerprint density at radius 1 is 0.969 bits per heavy atom. The summed E-state index contributed by atoms with van der Waals surface area (Å²) < 4.78 is 0. The third-order valence-electron chi connectivity index (χ3n) is 5.20. The quantitative estimate of drug-likeness (QED) is 0.370. The molecule has 0 fully saturated rings. The highest BCUT2D eigenvalue weighted by molar-refractivity contribution is 6.31. The molecule has 0 radical (unpaired) electrons. The fraction of sp³-hybridized carbons (Fsp3) is 0.0833. The molecular formula is C24H17Cl2N5O. The third-order valence-corrected chi connectivity index (χ3v) is 5.64. The Bertz CT molecular complexity index is 1460. The van der Waals surface area contributed by atoms with E-state index in [0.717, 1.165) is 38.8 Å². The first-order valence-electron chi connectivity index (χ1n) is 9.95. The van der Waals surface area contributed by atoms with Crippen molar-refractivity contribution in [2.45, 2.75) is 13.0 Å². The first-order chi connectivity index (χ1) is 15.5. The maximum absolute atomic E-state index is 12.7. The second-order valence-corrected chi connectivity index (χ2v) is 8.31. The van der Waals surface area contributed by atoms with Crippen molar-refractivity contribution in [3.8, 4) is 0 Å². The van der Waals surface area contributed by atoms with Crippen molar-refractivity contribution in [3.05, 3.63) is 99.6 Å². The van der Waals surface area contributed by atoms with Gasteiger partial charge in [-0.3, -0.25) is 19.9 Å². The number of aromatic amines is 1. The van der Waals surface area contributed by atoms with Crippen LogP contribution in [0.5, 0.6) is 0 Å². The normalized spacial score (nSPS) is 11.2. The highest BCUT2D eigenvalue weighted by Crippen LogP contribution is 2.21. The number of carbonyl (C=O) groups is 1. The monoisotopic (exact) mass is 461 g/mol. The number of benzene rings is 2. The van der Waals surface area contributed by atoms with Crippen LogP contribution in [-0.4, -0.2) is 26.1 Å². The molecule has 2 aromatic carbocycles. The van der Waals surface area contributed by atoms with Crippen molar-refractivity contribution in [1.29, 1.82) is 0 Å². The fourth-order valence-corrected chi connectivity index (χ4v) is 3.97. The molecule has 2 N–H and O–H groups in total. The van der Waals surface area contributed by atoms with Crippen LogP contribution in [0.2, 0.25) is 10.0 Å². The fourth-order valence-electron chi connectivity index (χ4n) is 3.63. The second kappa shape index (κ2) is 8.57. The lowest BCUT2D eigenvalue weighted by Crippen LogP contribution is -2.23. The molecule has 1 amide bonds. The number of nitrogens with one attached hydrogen (secondary N) is 2. The lowest BCUT2D eigenvalue weighted by Gasteiger charge is -2.07. The Labute approximate surface area is 193 Å².